The molecule has 0 radical (unpaired) electrons. The van der Waals surface area contributed by atoms with Crippen molar-refractivity contribution >= 4 is 23.0 Å². The molecule has 0 saturated carbocycles. The van der Waals surface area contributed by atoms with Gasteiger partial charge in [0, 0.05) is 5.56 Å². The topological polar surface area (TPSA) is 38.7 Å². The normalized spacial score (nSPS) is 16.3. The molecule has 2 rings (SSSR count). The first-order valence-electron chi connectivity index (χ1n) is 3.82. The number of cyclic esters (lactones) is 1. The van der Waals surface area contributed by atoms with Crippen LogP contribution in [0.1, 0.15) is 5.56 Å². The van der Waals surface area contributed by atoms with Crippen LogP contribution in [0.2, 0.25) is 0 Å². The third-order valence-corrected chi connectivity index (χ3v) is 2.24. The third kappa shape index (κ3) is 1.89. The van der Waals surface area contributed by atoms with Gasteiger partial charge in [-0.25, -0.2) is 9.19 Å². The Morgan fingerprint density at radius 3 is 2.69 bits per heavy atom. The van der Waals surface area contributed by atoms with E-state index in [2.05, 4.69) is 4.40 Å². The molecule has 13 heavy (non-hydrogen) atoms. The number of carbonyl (C=O) groups is 1. The van der Waals surface area contributed by atoms with Crippen LogP contribution in [0.3, 0.4) is 0 Å². The van der Waals surface area contributed by atoms with E-state index in [0.717, 1.165) is 23.2 Å². The first-order chi connectivity index (χ1) is 6.36. The summed E-state index contributed by atoms with van der Waals surface area (Å²) in [6.45, 7) is 0.274. The van der Waals surface area contributed by atoms with Crippen LogP contribution in [0.25, 0.3) is 0 Å². The molecule has 0 N–H and O–H groups in total. The standard InChI is InChI=1S/C9H7NO2S/c11-9-12-6-8(10-13-9)7-4-2-1-3-5-7/h1-5H,6H2. The number of ether oxygens (including phenoxy) is 1. The molecule has 1 aliphatic heterocycles. The molecule has 4 heteroatoms. The molecular formula is C9H7NO2S. The van der Waals surface area contributed by atoms with Crippen molar-refractivity contribution in [2.24, 2.45) is 4.40 Å². The van der Waals surface area contributed by atoms with Gasteiger partial charge in [0.2, 0.25) is 0 Å². The van der Waals surface area contributed by atoms with Crippen LogP contribution in [0, 0.1) is 0 Å². The van der Waals surface area contributed by atoms with Gasteiger partial charge in [-0.15, -0.1) is 0 Å². The number of nitrogens with zero attached hydrogens (tertiary/aromatic N) is 1. The highest BCUT2D eigenvalue weighted by molar-refractivity contribution is 8.12. The van der Waals surface area contributed by atoms with Crippen molar-refractivity contribution in [2.75, 3.05) is 6.61 Å². The Kier molecular flexibility index (Phi) is 2.31. The first-order valence-corrected chi connectivity index (χ1v) is 4.59. The van der Waals surface area contributed by atoms with Crippen LogP contribution in [-0.4, -0.2) is 17.6 Å². The molecular weight excluding hydrogens is 186 g/mol. The van der Waals surface area contributed by atoms with E-state index in [1.54, 1.807) is 0 Å². The van der Waals surface area contributed by atoms with Crippen molar-refractivity contribution < 1.29 is 9.53 Å². The van der Waals surface area contributed by atoms with Crippen molar-refractivity contribution in [3.8, 4) is 0 Å². The molecule has 0 bridgehead atoms. The maximum atomic E-state index is 10.7. The number of rotatable bonds is 1. The molecule has 0 saturated heterocycles. The molecule has 0 atom stereocenters. The van der Waals surface area contributed by atoms with Crippen molar-refractivity contribution in [2.45, 2.75) is 0 Å². The number of hydrogen-bond donors (Lipinski definition) is 0. The average Bonchev–Trinajstić information content (AvgIpc) is 2.20. The molecule has 0 aromatic heterocycles. The first kappa shape index (κ1) is 8.31. The molecule has 0 spiro atoms. The maximum absolute atomic E-state index is 10.7. The lowest BCUT2D eigenvalue weighted by atomic mass is 10.1. The fourth-order valence-corrected chi connectivity index (χ4v) is 1.49. The molecule has 1 heterocycles. The van der Waals surface area contributed by atoms with E-state index in [9.17, 15) is 4.79 Å². The molecule has 0 aliphatic carbocycles. The van der Waals surface area contributed by atoms with Gasteiger partial charge >= 0.3 is 5.30 Å². The Balaban J connectivity index is 2.23. The van der Waals surface area contributed by atoms with E-state index in [0.29, 0.717) is 0 Å². The Bertz CT molecular complexity index is 348. The van der Waals surface area contributed by atoms with E-state index in [4.69, 9.17) is 4.74 Å². The zero-order chi connectivity index (χ0) is 9.10. The van der Waals surface area contributed by atoms with E-state index in [1.807, 2.05) is 30.3 Å². The van der Waals surface area contributed by atoms with Gasteiger partial charge < -0.3 is 4.74 Å². The smallest absolute Gasteiger partial charge is 0.390 e. The van der Waals surface area contributed by atoms with Crippen molar-refractivity contribution in [3.05, 3.63) is 35.9 Å². The van der Waals surface area contributed by atoms with E-state index in [-0.39, 0.29) is 11.9 Å². The average molecular weight is 193 g/mol. The fraction of sp³-hybridized carbons (Fsp3) is 0.111. The molecule has 1 aliphatic rings. The fourth-order valence-electron chi connectivity index (χ4n) is 1.04. The number of carbonyl (C=O) groups excluding carboxylic acids is 1. The van der Waals surface area contributed by atoms with Gasteiger partial charge in [-0.05, 0) is 0 Å². The van der Waals surface area contributed by atoms with Crippen molar-refractivity contribution in [1.82, 2.24) is 0 Å². The summed E-state index contributed by atoms with van der Waals surface area (Å²) in [6.07, 6.45) is 0. The maximum Gasteiger partial charge on any atom is 0.390 e. The number of benzene rings is 1. The summed E-state index contributed by atoms with van der Waals surface area (Å²) in [5, 5.41) is -0.334. The summed E-state index contributed by atoms with van der Waals surface area (Å²) < 4.78 is 8.88. The summed E-state index contributed by atoms with van der Waals surface area (Å²) in [6, 6.07) is 9.68. The van der Waals surface area contributed by atoms with E-state index < -0.39 is 0 Å². The minimum atomic E-state index is -0.334. The lowest BCUT2D eigenvalue weighted by Gasteiger charge is -2.10. The predicted molar refractivity (Wildman–Crippen MR) is 51.9 cm³/mol. The second-order valence-electron chi connectivity index (χ2n) is 2.53. The highest BCUT2D eigenvalue weighted by atomic mass is 32.2. The molecule has 0 fully saturated rings. The summed E-state index contributed by atoms with van der Waals surface area (Å²) in [5.74, 6) is 0. The minimum Gasteiger partial charge on any atom is -0.450 e. The Labute approximate surface area is 79.9 Å². The highest BCUT2D eigenvalue weighted by Gasteiger charge is 2.14. The lowest BCUT2D eigenvalue weighted by Crippen LogP contribution is -2.16. The van der Waals surface area contributed by atoms with E-state index in [1.165, 1.54) is 0 Å². The molecule has 3 nitrogen and oxygen atoms in total. The van der Waals surface area contributed by atoms with Gasteiger partial charge in [0.1, 0.15) is 6.61 Å². The molecule has 0 amide bonds. The second-order valence-corrected chi connectivity index (χ2v) is 3.23. The van der Waals surface area contributed by atoms with Gasteiger partial charge in [-0.2, -0.15) is 0 Å². The summed E-state index contributed by atoms with van der Waals surface area (Å²) in [4.78, 5) is 10.7. The molecule has 1 aromatic rings. The summed E-state index contributed by atoms with van der Waals surface area (Å²) in [7, 11) is 0. The Hall–Kier alpha value is -1.29. The highest BCUT2D eigenvalue weighted by Crippen LogP contribution is 2.16. The summed E-state index contributed by atoms with van der Waals surface area (Å²) in [5.41, 5.74) is 1.81. The van der Waals surface area contributed by atoms with Gasteiger partial charge in [0.25, 0.3) is 0 Å². The van der Waals surface area contributed by atoms with Crippen LogP contribution in [0.5, 0.6) is 0 Å². The van der Waals surface area contributed by atoms with Crippen LogP contribution in [-0.2, 0) is 4.74 Å². The quantitative estimate of drug-likeness (QED) is 0.507. The van der Waals surface area contributed by atoms with Crippen molar-refractivity contribution in [3.63, 3.8) is 0 Å². The molecule has 0 unspecified atom stereocenters. The van der Waals surface area contributed by atoms with Crippen LogP contribution >= 0.6 is 11.9 Å². The van der Waals surface area contributed by atoms with Crippen LogP contribution in [0.15, 0.2) is 34.7 Å². The lowest BCUT2D eigenvalue weighted by molar-refractivity contribution is 0.190. The SMILES string of the molecule is O=C1OCC(c2ccccc2)=NS1. The minimum absolute atomic E-state index is 0.274. The second kappa shape index (κ2) is 3.62. The van der Waals surface area contributed by atoms with Crippen LogP contribution in [0.4, 0.5) is 4.79 Å². The number of hydrogen-bond acceptors (Lipinski definition) is 4. The van der Waals surface area contributed by atoms with Gasteiger partial charge in [0.15, 0.2) is 0 Å². The van der Waals surface area contributed by atoms with Gasteiger partial charge in [-0.3, -0.25) is 0 Å². The van der Waals surface area contributed by atoms with Crippen molar-refractivity contribution in [1.29, 1.82) is 0 Å². The van der Waals surface area contributed by atoms with Gasteiger partial charge in [0.05, 0.1) is 17.7 Å². The summed E-state index contributed by atoms with van der Waals surface area (Å²) >= 11 is 0.848. The zero-order valence-corrected chi connectivity index (χ0v) is 7.58. The monoisotopic (exact) mass is 193 g/mol. The van der Waals surface area contributed by atoms with Gasteiger partial charge in [-0.1, -0.05) is 30.3 Å². The molecule has 66 valence electrons. The Morgan fingerprint density at radius 1 is 1.31 bits per heavy atom. The molecule has 1 aromatic carbocycles. The largest absolute Gasteiger partial charge is 0.450 e. The van der Waals surface area contributed by atoms with E-state index >= 15 is 0 Å². The third-order valence-electron chi connectivity index (χ3n) is 1.66. The zero-order valence-electron chi connectivity index (χ0n) is 6.77. The predicted octanol–water partition coefficient (Wildman–Crippen LogP) is 2.27. The van der Waals surface area contributed by atoms with Crippen LogP contribution < -0.4 is 0 Å². The Morgan fingerprint density at radius 2 is 2.08 bits per heavy atom.